The molecule has 1 fully saturated rings. The van der Waals surface area contributed by atoms with Gasteiger partial charge in [0.1, 0.15) is 11.8 Å². The molecular formula is C22H38N4O9S. The maximum absolute atomic E-state index is 12.4. The number of carboxylic acids is 4. The number of Topliss-reactive ketones (excluding diaryl/α,β-unsaturated/α-hetero) is 1. The fourth-order valence-electron chi connectivity index (χ4n) is 3.95. The number of carbonyl (C=O) groups is 5. The average molecular weight is 535 g/mol. The van der Waals surface area contributed by atoms with Crippen molar-refractivity contribution < 1.29 is 44.4 Å². The fourth-order valence-corrected chi connectivity index (χ4v) is 4.06. The second-order valence-electron chi connectivity index (χ2n) is 9.42. The molecule has 0 aliphatic carbocycles. The van der Waals surface area contributed by atoms with E-state index in [1.165, 1.54) is 0 Å². The van der Waals surface area contributed by atoms with Crippen LogP contribution in [0, 0.1) is 0 Å². The Bertz CT molecular complexity index is 758. The zero-order valence-electron chi connectivity index (χ0n) is 20.8. The molecule has 13 nitrogen and oxygen atoms in total. The van der Waals surface area contributed by atoms with Gasteiger partial charge in [-0.25, -0.2) is 0 Å². The highest BCUT2D eigenvalue weighted by Crippen LogP contribution is 2.19. The molecule has 0 radical (unpaired) electrons. The molecule has 0 aromatic rings. The van der Waals surface area contributed by atoms with Crippen LogP contribution in [0.25, 0.3) is 0 Å². The molecule has 0 aromatic heterocycles. The lowest BCUT2D eigenvalue weighted by molar-refractivity contribution is -0.145. The lowest BCUT2D eigenvalue weighted by Crippen LogP contribution is -2.52. The molecule has 36 heavy (non-hydrogen) atoms. The van der Waals surface area contributed by atoms with Gasteiger partial charge >= 0.3 is 23.9 Å². The Hall–Kier alpha value is -2.26. The Labute approximate surface area is 216 Å². The first-order chi connectivity index (χ1) is 16.7. The minimum absolute atomic E-state index is 0.00814. The van der Waals surface area contributed by atoms with Crippen molar-refractivity contribution in [3.8, 4) is 0 Å². The van der Waals surface area contributed by atoms with Crippen molar-refractivity contribution in [2.75, 3.05) is 72.0 Å². The predicted octanol–water partition coefficient (Wildman–Crippen LogP) is -1.03. The standard InChI is InChI=1S/C22H38N4O9S/c1-22(2,36)17(27)4-3-16(21(34)35)26-11-9-24(14-19(30)31)7-5-23(13-18(28)29)6-8-25(10-12-26)15-20(32)33/h16,36H,3-15H2,1-2H3,(H,28,29)(H,30,31)(H,32,33)(H,34,35). The molecule has 1 heterocycles. The molecule has 206 valence electrons. The Balaban J connectivity index is 3.15. The van der Waals surface area contributed by atoms with E-state index in [4.69, 9.17) is 0 Å². The number of carboxylic acid groups (broad SMARTS) is 4. The first-order valence-corrected chi connectivity index (χ1v) is 12.2. The maximum Gasteiger partial charge on any atom is 0.320 e. The van der Waals surface area contributed by atoms with E-state index >= 15 is 0 Å². The Kier molecular flexibility index (Phi) is 13.3. The summed E-state index contributed by atoms with van der Waals surface area (Å²) in [6.07, 6.45) is 0.0220. The van der Waals surface area contributed by atoms with Gasteiger partial charge in [0.25, 0.3) is 0 Å². The number of nitrogens with zero attached hydrogens (tertiary/aromatic N) is 4. The van der Waals surface area contributed by atoms with E-state index in [-0.39, 0.29) is 90.6 Å². The molecule has 1 unspecified atom stereocenters. The van der Waals surface area contributed by atoms with Gasteiger partial charge in [-0.2, -0.15) is 12.6 Å². The van der Waals surface area contributed by atoms with Crippen LogP contribution in [-0.2, 0) is 24.0 Å². The Morgan fingerprint density at radius 1 is 0.694 bits per heavy atom. The van der Waals surface area contributed by atoms with E-state index in [1.54, 1.807) is 33.4 Å². The van der Waals surface area contributed by atoms with Crippen LogP contribution >= 0.6 is 12.6 Å². The number of thiol groups is 1. The van der Waals surface area contributed by atoms with Crippen LogP contribution in [0.5, 0.6) is 0 Å². The minimum Gasteiger partial charge on any atom is -0.480 e. The summed E-state index contributed by atoms with van der Waals surface area (Å²) < 4.78 is -0.913. The number of rotatable bonds is 12. The molecule has 0 amide bonds. The molecule has 1 rings (SSSR count). The van der Waals surface area contributed by atoms with Crippen molar-refractivity contribution in [2.45, 2.75) is 37.5 Å². The van der Waals surface area contributed by atoms with Gasteiger partial charge in [-0.15, -0.1) is 0 Å². The van der Waals surface area contributed by atoms with Gasteiger partial charge in [0.2, 0.25) is 0 Å². The Morgan fingerprint density at radius 3 is 1.31 bits per heavy atom. The quantitative estimate of drug-likeness (QED) is 0.192. The van der Waals surface area contributed by atoms with Crippen LogP contribution < -0.4 is 0 Å². The zero-order chi connectivity index (χ0) is 27.5. The average Bonchev–Trinajstić information content (AvgIpc) is 2.72. The third kappa shape index (κ3) is 12.6. The molecule has 0 bridgehead atoms. The summed E-state index contributed by atoms with van der Waals surface area (Å²) in [5.41, 5.74) is 0. The van der Waals surface area contributed by atoms with Crippen LogP contribution in [0.2, 0.25) is 0 Å². The fraction of sp³-hybridized carbons (Fsp3) is 0.773. The van der Waals surface area contributed by atoms with Crippen molar-refractivity contribution >= 4 is 42.3 Å². The van der Waals surface area contributed by atoms with E-state index in [2.05, 4.69) is 12.6 Å². The van der Waals surface area contributed by atoms with Crippen LogP contribution in [-0.4, -0.2) is 152 Å². The largest absolute Gasteiger partial charge is 0.480 e. The number of hydrogen-bond acceptors (Lipinski definition) is 10. The number of hydrogen-bond donors (Lipinski definition) is 5. The molecule has 1 aliphatic rings. The smallest absolute Gasteiger partial charge is 0.320 e. The first-order valence-electron chi connectivity index (χ1n) is 11.7. The number of carbonyl (C=O) groups excluding carboxylic acids is 1. The lowest BCUT2D eigenvalue weighted by Gasteiger charge is -2.35. The second kappa shape index (κ2) is 15.1. The van der Waals surface area contributed by atoms with Crippen LogP contribution in [0.4, 0.5) is 0 Å². The maximum atomic E-state index is 12.4. The number of ketones is 1. The molecule has 0 aromatic carbocycles. The van der Waals surface area contributed by atoms with Gasteiger partial charge < -0.3 is 20.4 Å². The van der Waals surface area contributed by atoms with Gasteiger partial charge in [-0.05, 0) is 20.3 Å². The summed E-state index contributed by atoms with van der Waals surface area (Å²) in [4.78, 5) is 65.0. The van der Waals surface area contributed by atoms with Gasteiger partial charge in [0.05, 0.1) is 24.4 Å². The van der Waals surface area contributed by atoms with Crippen molar-refractivity contribution in [3.63, 3.8) is 0 Å². The second-order valence-corrected chi connectivity index (χ2v) is 10.5. The van der Waals surface area contributed by atoms with E-state index < -0.39 is 34.7 Å². The van der Waals surface area contributed by atoms with Crippen molar-refractivity contribution in [1.82, 2.24) is 19.6 Å². The molecular weight excluding hydrogens is 496 g/mol. The van der Waals surface area contributed by atoms with E-state index in [0.717, 1.165) is 0 Å². The van der Waals surface area contributed by atoms with Crippen molar-refractivity contribution in [3.05, 3.63) is 0 Å². The van der Waals surface area contributed by atoms with E-state index in [9.17, 15) is 44.4 Å². The molecule has 1 aliphatic heterocycles. The van der Waals surface area contributed by atoms with Crippen LogP contribution in [0.1, 0.15) is 26.7 Å². The van der Waals surface area contributed by atoms with Crippen molar-refractivity contribution in [1.29, 1.82) is 0 Å². The predicted molar refractivity (Wildman–Crippen MR) is 133 cm³/mol. The SMILES string of the molecule is CC(C)(S)C(=O)CCC(C(=O)O)N1CCN(CC(=O)O)CCN(CC(=O)O)CCN(CC(=O)O)CC1. The molecule has 1 saturated heterocycles. The summed E-state index contributed by atoms with van der Waals surface area (Å²) in [5, 5.41) is 37.7. The van der Waals surface area contributed by atoms with E-state index in [0.29, 0.717) is 0 Å². The highest BCUT2D eigenvalue weighted by molar-refractivity contribution is 7.82. The molecule has 4 N–H and O–H groups in total. The minimum atomic E-state index is -1.13. The third-order valence-corrected chi connectivity index (χ3v) is 6.25. The molecule has 1 atom stereocenters. The third-order valence-electron chi connectivity index (χ3n) is 6.00. The first kappa shape index (κ1) is 31.8. The summed E-state index contributed by atoms with van der Waals surface area (Å²) in [6, 6.07) is -1.03. The van der Waals surface area contributed by atoms with Crippen LogP contribution in [0.15, 0.2) is 0 Å². The molecule has 0 saturated carbocycles. The van der Waals surface area contributed by atoms with Gasteiger partial charge in [0, 0.05) is 58.8 Å². The van der Waals surface area contributed by atoms with Gasteiger partial charge in [-0.1, -0.05) is 0 Å². The van der Waals surface area contributed by atoms with Crippen LogP contribution in [0.3, 0.4) is 0 Å². The normalized spacial score (nSPS) is 19.1. The summed E-state index contributed by atoms with van der Waals surface area (Å²) in [7, 11) is 0. The zero-order valence-corrected chi connectivity index (χ0v) is 21.7. The summed E-state index contributed by atoms with van der Waals surface area (Å²) in [5.74, 6) is -4.52. The monoisotopic (exact) mass is 534 g/mol. The Morgan fingerprint density at radius 2 is 1.03 bits per heavy atom. The summed E-state index contributed by atoms with van der Waals surface area (Å²) in [6.45, 7) is 4.07. The molecule has 0 spiro atoms. The van der Waals surface area contributed by atoms with Crippen molar-refractivity contribution in [2.24, 2.45) is 0 Å². The molecule has 14 heteroatoms. The topological polar surface area (TPSA) is 179 Å². The lowest BCUT2D eigenvalue weighted by atomic mass is 9.99. The van der Waals surface area contributed by atoms with E-state index in [1.807, 2.05) is 0 Å². The number of aliphatic carboxylic acids is 4. The summed E-state index contributed by atoms with van der Waals surface area (Å²) >= 11 is 4.25. The highest BCUT2D eigenvalue weighted by atomic mass is 32.1. The van der Waals surface area contributed by atoms with Gasteiger partial charge in [-0.3, -0.25) is 43.6 Å². The van der Waals surface area contributed by atoms with Gasteiger partial charge in [0.15, 0.2) is 0 Å². The highest BCUT2D eigenvalue weighted by Gasteiger charge is 2.30.